The molecular formula is C10H11IN2. The highest BCUT2D eigenvalue weighted by molar-refractivity contribution is 14.1. The van der Waals surface area contributed by atoms with Crippen LogP contribution >= 0.6 is 22.6 Å². The van der Waals surface area contributed by atoms with E-state index in [2.05, 4.69) is 34.0 Å². The Hall–Kier alpha value is -0.760. The molecule has 0 fully saturated rings. The van der Waals surface area contributed by atoms with Gasteiger partial charge in [-0.15, -0.1) is 0 Å². The smallest absolute Gasteiger partial charge is 0.114 e. The Morgan fingerprint density at radius 2 is 2.08 bits per heavy atom. The SMILES string of the molecule is CCC(C#N)Nc1ccc(I)cc1. The molecule has 0 radical (unpaired) electrons. The Morgan fingerprint density at radius 3 is 2.54 bits per heavy atom. The average molecular weight is 286 g/mol. The molecule has 68 valence electrons. The first kappa shape index (κ1) is 10.3. The van der Waals surface area contributed by atoms with E-state index in [0.29, 0.717) is 0 Å². The molecule has 3 heteroatoms. The highest BCUT2D eigenvalue weighted by atomic mass is 127. The molecule has 1 rings (SSSR count). The molecule has 1 N–H and O–H groups in total. The number of benzene rings is 1. The topological polar surface area (TPSA) is 35.8 Å². The molecule has 13 heavy (non-hydrogen) atoms. The van der Waals surface area contributed by atoms with Gasteiger partial charge >= 0.3 is 0 Å². The van der Waals surface area contributed by atoms with Crippen LogP contribution in [-0.4, -0.2) is 6.04 Å². The molecule has 0 saturated heterocycles. The largest absolute Gasteiger partial charge is 0.370 e. The van der Waals surface area contributed by atoms with Crippen molar-refractivity contribution >= 4 is 28.3 Å². The van der Waals surface area contributed by atoms with Gasteiger partial charge in [0.15, 0.2) is 0 Å². The normalized spacial score (nSPS) is 11.8. The van der Waals surface area contributed by atoms with E-state index in [4.69, 9.17) is 5.26 Å². The summed E-state index contributed by atoms with van der Waals surface area (Å²) >= 11 is 2.26. The van der Waals surface area contributed by atoms with Crippen molar-refractivity contribution in [2.75, 3.05) is 5.32 Å². The summed E-state index contributed by atoms with van der Waals surface area (Å²) in [5.74, 6) is 0. The minimum atomic E-state index is -0.0833. The highest BCUT2D eigenvalue weighted by Crippen LogP contribution is 2.12. The average Bonchev–Trinajstić information content (AvgIpc) is 2.17. The summed E-state index contributed by atoms with van der Waals surface area (Å²) in [5, 5.41) is 11.9. The molecule has 0 aliphatic rings. The highest BCUT2D eigenvalue weighted by Gasteiger charge is 2.02. The van der Waals surface area contributed by atoms with Crippen LogP contribution in [-0.2, 0) is 0 Å². The predicted molar refractivity (Wildman–Crippen MR) is 62.5 cm³/mol. The Bertz CT molecular complexity index is 300. The lowest BCUT2D eigenvalue weighted by atomic mass is 10.2. The fourth-order valence-corrected chi connectivity index (χ4v) is 1.33. The van der Waals surface area contributed by atoms with Crippen molar-refractivity contribution in [3.05, 3.63) is 27.8 Å². The third-order valence-electron chi connectivity index (χ3n) is 1.75. The van der Waals surface area contributed by atoms with E-state index in [1.165, 1.54) is 3.57 Å². The first-order chi connectivity index (χ1) is 6.26. The molecule has 1 aromatic rings. The maximum absolute atomic E-state index is 8.73. The van der Waals surface area contributed by atoms with Crippen molar-refractivity contribution in [2.45, 2.75) is 19.4 Å². The lowest BCUT2D eigenvalue weighted by Crippen LogP contribution is -2.15. The Balaban J connectivity index is 2.64. The van der Waals surface area contributed by atoms with Gasteiger partial charge in [-0.05, 0) is 53.3 Å². The molecular weight excluding hydrogens is 275 g/mol. The van der Waals surface area contributed by atoms with Gasteiger partial charge in [0.2, 0.25) is 0 Å². The number of anilines is 1. The fourth-order valence-electron chi connectivity index (χ4n) is 0.973. The minimum absolute atomic E-state index is 0.0833. The van der Waals surface area contributed by atoms with E-state index >= 15 is 0 Å². The number of hydrogen-bond donors (Lipinski definition) is 1. The van der Waals surface area contributed by atoms with Gasteiger partial charge in [-0.25, -0.2) is 0 Å². The van der Waals surface area contributed by atoms with Gasteiger partial charge < -0.3 is 5.32 Å². The summed E-state index contributed by atoms with van der Waals surface area (Å²) in [6.07, 6.45) is 0.822. The third-order valence-corrected chi connectivity index (χ3v) is 2.47. The maximum Gasteiger partial charge on any atom is 0.114 e. The number of hydrogen-bond acceptors (Lipinski definition) is 2. The molecule has 1 unspecified atom stereocenters. The zero-order valence-electron chi connectivity index (χ0n) is 7.42. The molecule has 0 amide bonds. The Labute approximate surface area is 92.1 Å². The van der Waals surface area contributed by atoms with Crippen molar-refractivity contribution in [3.63, 3.8) is 0 Å². The number of rotatable bonds is 3. The van der Waals surface area contributed by atoms with Crippen molar-refractivity contribution in [2.24, 2.45) is 0 Å². The second kappa shape index (κ2) is 5.07. The van der Waals surface area contributed by atoms with Gasteiger partial charge in [-0.2, -0.15) is 5.26 Å². The molecule has 1 aromatic carbocycles. The molecule has 2 nitrogen and oxygen atoms in total. The second-order valence-corrected chi connectivity index (χ2v) is 3.99. The molecule has 0 aromatic heterocycles. The van der Waals surface area contributed by atoms with E-state index in [-0.39, 0.29) is 6.04 Å². The maximum atomic E-state index is 8.73. The fraction of sp³-hybridized carbons (Fsp3) is 0.300. The number of halogens is 1. The van der Waals surface area contributed by atoms with Gasteiger partial charge in [0.25, 0.3) is 0 Å². The van der Waals surface area contributed by atoms with Crippen LogP contribution in [0.5, 0.6) is 0 Å². The first-order valence-electron chi connectivity index (χ1n) is 4.18. The van der Waals surface area contributed by atoms with Crippen molar-refractivity contribution in [1.82, 2.24) is 0 Å². The molecule has 1 atom stereocenters. The van der Waals surface area contributed by atoms with Crippen LogP contribution in [0.3, 0.4) is 0 Å². The van der Waals surface area contributed by atoms with Crippen LogP contribution in [0.15, 0.2) is 24.3 Å². The third kappa shape index (κ3) is 3.23. The minimum Gasteiger partial charge on any atom is -0.370 e. The predicted octanol–water partition coefficient (Wildman–Crippen LogP) is 3.01. The molecule has 0 aliphatic carbocycles. The van der Waals surface area contributed by atoms with Crippen LogP contribution in [0.4, 0.5) is 5.69 Å². The van der Waals surface area contributed by atoms with Crippen LogP contribution in [0.1, 0.15) is 13.3 Å². The van der Waals surface area contributed by atoms with E-state index < -0.39 is 0 Å². The zero-order valence-corrected chi connectivity index (χ0v) is 9.58. The van der Waals surface area contributed by atoms with Crippen molar-refractivity contribution in [1.29, 1.82) is 5.26 Å². The zero-order chi connectivity index (χ0) is 9.68. The van der Waals surface area contributed by atoms with Gasteiger partial charge in [0, 0.05) is 9.26 Å². The molecule has 0 heterocycles. The van der Waals surface area contributed by atoms with Gasteiger partial charge in [0.05, 0.1) is 6.07 Å². The van der Waals surface area contributed by atoms with Crippen LogP contribution in [0.2, 0.25) is 0 Å². The summed E-state index contributed by atoms with van der Waals surface area (Å²) < 4.78 is 1.20. The van der Waals surface area contributed by atoms with Crippen molar-refractivity contribution in [3.8, 4) is 6.07 Å². The molecule has 0 spiro atoms. The standard InChI is InChI=1S/C10H11IN2/c1-2-9(7-12)13-10-5-3-8(11)4-6-10/h3-6,9,13H,2H2,1H3. The van der Waals surface area contributed by atoms with Crippen molar-refractivity contribution < 1.29 is 0 Å². The number of nitrogens with zero attached hydrogens (tertiary/aromatic N) is 1. The van der Waals surface area contributed by atoms with E-state index in [1.807, 2.05) is 31.2 Å². The lowest BCUT2D eigenvalue weighted by molar-refractivity contribution is 0.845. The first-order valence-corrected chi connectivity index (χ1v) is 5.26. The summed E-state index contributed by atoms with van der Waals surface area (Å²) in [7, 11) is 0. The number of nitrogens with one attached hydrogen (secondary N) is 1. The van der Waals surface area contributed by atoms with Gasteiger partial charge in [-0.1, -0.05) is 6.92 Å². The lowest BCUT2D eigenvalue weighted by Gasteiger charge is -2.09. The van der Waals surface area contributed by atoms with Gasteiger partial charge in [0.1, 0.15) is 6.04 Å². The Morgan fingerprint density at radius 1 is 1.46 bits per heavy atom. The quantitative estimate of drug-likeness (QED) is 0.867. The molecule has 0 saturated carbocycles. The Kier molecular flexibility index (Phi) is 4.03. The summed E-state index contributed by atoms with van der Waals surface area (Å²) in [4.78, 5) is 0. The van der Waals surface area contributed by atoms with E-state index in [9.17, 15) is 0 Å². The molecule has 0 bridgehead atoms. The second-order valence-electron chi connectivity index (χ2n) is 2.74. The van der Waals surface area contributed by atoms with Crippen LogP contribution in [0.25, 0.3) is 0 Å². The molecule has 0 aliphatic heterocycles. The summed E-state index contributed by atoms with van der Waals surface area (Å²) in [6.45, 7) is 1.99. The van der Waals surface area contributed by atoms with E-state index in [0.717, 1.165) is 12.1 Å². The monoisotopic (exact) mass is 286 g/mol. The summed E-state index contributed by atoms with van der Waals surface area (Å²) in [5.41, 5.74) is 1.01. The van der Waals surface area contributed by atoms with Gasteiger partial charge in [-0.3, -0.25) is 0 Å². The van der Waals surface area contributed by atoms with Crippen LogP contribution in [0, 0.1) is 14.9 Å². The summed E-state index contributed by atoms with van der Waals surface area (Å²) in [6, 6.07) is 10.1. The van der Waals surface area contributed by atoms with E-state index in [1.54, 1.807) is 0 Å². The number of nitriles is 1. The van der Waals surface area contributed by atoms with Crippen LogP contribution < -0.4 is 5.32 Å².